The summed E-state index contributed by atoms with van der Waals surface area (Å²) < 4.78 is 28.8. The van der Waals surface area contributed by atoms with Crippen LogP contribution in [0.2, 0.25) is 0 Å². The van der Waals surface area contributed by atoms with Gasteiger partial charge in [-0.2, -0.15) is 8.42 Å². The van der Waals surface area contributed by atoms with E-state index in [0.29, 0.717) is 5.41 Å². The van der Waals surface area contributed by atoms with Crippen molar-refractivity contribution in [3.63, 3.8) is 0 Å². The van der Waals surface area contributed by atoms with Gasteiger partial charge < -0.3 is 0 Å². The fraction of sp³-hybridized carbons (Fsp3) is 0.333. The third-order valence-corrected chi connectivity index (χ3v) is 0.908. The van der Waals surface area contributed by atoms with Crippen molar-refractivity contribution >= 4 is 10.1 Å². The van der Waals surface area contributed by atoms with E-state index < -0.39 is 10.1 Å². The molecule has 0 aliphatic heterocycles. The van der Waals surface area contributed by atoms with E-state index in [-0.39, 0.29) is 0 Å². The molecule has 0 aromatic carbocycles. The summed E-state index contributed by atoms with van der Waals surface area (Å²) in [6.07, 6.45) is 1.18. The van der Waals surface area contributed by atoms with Gasteiger partial charge in [0.1, 0.15) is 0 Å². The molecule has 4 heteroatoms. The molecule has 0 bridgehead atoms. The highest BCUT2D eigenvalue weighted by atomic mass is 32.2. The van der Waals surface area contributed by atoms with Crippen LogP contribution in [0.25, 0.3) is 0 Å². The Morgan fingerprint density at radius 1 is 1.43 bits per heavy atom. The van der Waals surface area contributed by atoms with Crippen molar-refractivity contribution in [2.24, 2.45) is 0 Å². The maximum atomic E-state index is 9.59. The molecular weight excluding hydrogens is 116 g/mol. The molecule has 0 fully saturated rings. The number of hydrogen-bond acceptors (Lipinski definition) is 2. The molecule has 0 aromatic heterocycles. The Morgan fingerprint density at radius 2 is 1.86 bits per heavy atom. The Balaban J connectivity index is 4.13. The van der Waals surface area contributed by atoms with E-state index >= 15 is 0 Å². The predicted octanol–water partition coefficient (Wildman–Crippen LogP) is 0.280. The van der Waals surface area contributed by atoms with Crippen molar-refractivity contribution in [3.05, 3.63) is 11.5 Å². The minimum absolute atomic E-state index is 0.604. The Labute approximate surface area is 42.4 Å². The second-order valence-corrected chi connectivity index (χ2v) is 2.22. The molecule has 0 aliphatic carbocycles. The highest BCUT2D eigenvalue weighted by molar-refractivity contribution is 7.88. The Morgan fingerprint density at radius 3 is 1.86 bits per heavy atom. The van der Waals surface area contributed by atoms with Crippen LogP contribution in [0.15, 0.2) is 11.5 Å². The SMILES string of the molecule is C/C=C\S([O])(=O)=O. The zero-order chi connectivity index (χ0) is 5.91. The first-order valence-corrected chi connectivity index (χ1v) is 3.12. The van der Waals surface area contributed by atoms with Crippen LogP contribution in [0.4, 0.5) is 0 Å². The summed E-state index contributed by atoms with van der Waals surface area (Å²) in [6.45, 7) is 1.47. The van der Waals surface area contributed by atoms with Crippen LogP contribution in [0.5, 0.6) is 0 Å². The molecular formula is C3H5O3S. The van der Waals surface area contributed by atoms with Crippen molar-refractivity contribution in [2.45, 2.75) is 6.92 Å². The molecule has 0 unspecified atom stereocenters. The summed E-state index contributed by atoms with van der Waals surface area (Å²) in [7, 11) is -4.10. The lowest BCUT2D eigenvalue weighted by Gasteiger charge is -1.72. The number of hydrogen-bond donors (Lipinski definition) is 0. The summed E-state index contributed by atoms with van der Waals surface area (Å²) >= 11 is 0. The fourth-order valence-corrected chi connectivity index (χ4v) is 0.500. The quantitative estimate of drug-likeness (QED) is 0.500. The van der Waals surface area contributed by atoms with E-state index in [4.69, 9.17) is 0 Å². The molecule has 0 heterocycles. The molecule has 0 aliphatic rings. The maximum Gasteiger partial charge on any atom is 0.317 e. The van der Waals surface area contributed by atoms with Crippen LogP contribution in [0.1, 0.15) is 6.92 Å². The lowest BCUT2D eigenvalue weighted by atomic mass is 10.8. The third-order valence-electron chi connectivity index (χ3n) is 0.303. The average Bonchev–Trinajstić information content (AvgIpc) is 1.30. The van der Waals surface area contributed by atoms with Crippen LogP contribution in [0.3, 0.4) is 0 Å². The lowest BCUT2D eigenvalue weighted by molar-refractivity contribution is 0.424. The minimum atomic E-state index is -4.10. The summed E-state index contributed by atoms with van der Waals surface area (Å²) in [5, 5.41) is 0.604. The van der Waals surface area contributed by atoms with Crippen LogP contribution in [-0.2, 0) is 14.7 Å². The molecule has 41 valence electrons. The third kappa shape index (κ3) is 5.65. The van der Waals surface area contributed by atoms with Crippen molar-refractivity contribution in [2.75, 3.05) is 0 Å². The normalized spacial score (nSPS) is 12.9. The van der Waals surface area contributed by atoms with Crippen LogP contribution >= 0.6 is 0 Å². The van der Waals surface area contributed by atoms with Gasteiger partial charge in [0.15, 0.2) is 0 Å². The first-order valence-electron chi connectivity index (χ1n) is 1.65. The Bertz CT molecular complexity index is 153. The van der Waals surface area contributed by atoms with Gasteiger partial charge in [0, 0.05) is 0 Å². The second kappa shape index (κ2) is 2.09. The summed E-state index contributed by atoms with van der Waals surface area (Å²) in [5.41, 5.74) is 0. The van der Waals surface area contributed by atoms with E-state index in [2.05, 4.69) is 0 Å². The fourth-order valence-electron chi connectivity index (χ4n) is 0.167. The predicted molar refractivity (Wildman–Crippen MR) is 24.4 cm³/mol. The Hall–Kier alpha value is -0.350. The molecule has 0 rings (SSSR count). The molecule has 0 saturated heterocycles. The summed E-state index contributed by atoms with van der Waals surface area (Å²) in [6, 6.07) is 0. The van der Waals surface area contributed by atoms with Crippen molar-refractivity contribution in [1.82, 2.24) is 0 Å². The van der Waals surface area contributed by atoms with E-state index in [1.54, 1.807) is 0 Å². The highest BCUT2D eigenvalue weighted by Gasteiger charge is 1.93. The largest absolute Gasteiger partial charge is 0.317 e. The number of allylic oxidation sites excluding steroid dienone is 1. The van der Waals surface area contributed by atoms with E-state index in [0.717, 1.165) is 0 Å². The molecule has 0 spiro atoms. The summed E-state index contributed by atoms with van der Waals surface area (Å²) in [5.74, 6) is 0. The van der Waals surface area contributed by atoms with Gasteiger partial charge in [-0.3, -0.25) is 0 Å². The zero-order valence-corrected chi connectivity index (χ0v) is 4.60. The van der Waals surface area contributed by atoms with E-state index in [1.807, 2.05) is 0 Å². The zero-order valence-electron chi connectivity index (χ0n) is 3.79. The molecule has 3 nitrogen and oxygen atoms in total. The van der Waals surface area contributed by atoms with E-state index in [1.165, 1.54) is 13.0 Å². The van der Waals surface area contributed by atoms with Crippen molar-refractivity contribution in [3.8, 4) is 0 Å². The number of rotatable bonds is 1. The van der Waals surface area contributed by atoms with Crippen molar-refractivity contribution in [1.29, 1.82) is 0 Å². The minimum Gasteiger partial charge on any atom is -0.192 e. The monoisotopic (exact) mass is 121 g/mol. The van der Waals surface area contributed by atoms with Gasteiger partial charge >= 0.3 is 10.1 Å². The first-order chi connectivity index (χ1) is 3.06. The van der Waals surface area contributed by atoms with Gasteiger partial charge in [0.05, 0.1) is 5.41 Å². The van der Waals surface area contributed by atoms with Gasteiger partial charge in [-0.15, -0.1) is 0 Å². The molecule has 0 N–H and O–H groups in total. The molecule has 1 radical (unpaired) electrons. The van der Waals surface area contributed by atoms with Crippen LogP contribution in [-0.4, -0.2) is 8.42 Å². The first kappa shape index (κ1) is 6.65. The standard InChI is InChI=1S/C3H5O3S/c1-2-3-7(4,5)6/h2-3H,1H3/b3-2-. The highest BCUT2D eigenvalue weighted by Crippen LogP contribution is 1.82. The van der Waals surface area contributed by atoms with Gasteiger partial charge in [-0.25, -0.2) is 0 Å². The second-order valence-electron chi connectivity index (χ2n) is 0.962. The van der Waals surface area contributed by atoms with Crippen LogP contribution in [0, 0.1) is 0 Å². The lowest BCUT2D eigenvalue weighted by Crippen LogP contribution is -1.84. The molecule has 0 atom stereocenters. The Kier molecular flexibility index (Phi) is 1.98. The topological polar surface area (TPSA) is 54.0 Å². The summed E-state index contributed by atoms with van der Waals surface area (Å²) in [4.78, 5) is 0. The molecule has 0 amide bonds. The van der Waals surface area contributed by atoms with Gasteiger partial charge in [0.25, 0.3) is 0 Å². The molecule has 7 heavy (non-hydrogen) atoms. The smallest absolute Gasteiger partial charge is 0.192 e. The van der Waals surface area contributed by atoms with Crippen molar-refractivity contribution < 1.29 is 13.0 Å². The molecule has 0 aromatic rings. The average molecular weight is 121 g/mol. The van der Waals surface area contributed by atoms with Gasteiger partial charge in [0.2, 0.25) is 0 Å². The van der Waals surface area contributed by atoms with Gasteiger partial charge in [-0.05, 0) is 6.92 Å². The maximum absolute atomic E-state index is 9.59. The molecule has 0 saturated carbocycles. The van der Waals surface area contributed by atoms with Crippen LogP contribution < -0.4 is 0 Å². The van der Waals surface area contributed by atoms with Gasteiger partial charge in [-0.1, -0.05) is 10.6 Å². The van der Waals surface area contributed by atoms with E-state index in [9.17, 15) is 13.0 Å².